The van der Waals surface area contributed by atoms with E-state index in [0.717, 1.165) is 54.9 Å². The largest absolute Gasteiger partial charge is 0.485 e. The predicted molar refractivity (Wildman–Crippen MR) is 149 cm³/mol. The summed E-state index contributed by atoms with van der Waals surface area (Å²) in [4.78, 5) is 22.3. The summed E-state index contributed by atoms with van der Waals surface area (Å²) in [6.45, 7) is 3.32. The Morgan fingerprint density at radius 2 is 1.95 bits per heavy atom. The molecule has 1 saturated heterocycles. The molecule has 0 radical (unpaired) electrons. The lowest BCUT2D eigenvalue weighted by Crippen LogP contribution is -2.33. The van der Waals surface area contributed by atoms with Gasteiger partial charge in [-0.05, 0) is 61.7 Å². The van der Waals surface area contributed by atoms with Gasteiger partial charge in [-0.25, -0.2) is 14.8 Å². The molecule has 0 saturated carbocycles. The van der Waals surface area contributed by atoms with Crippen LogP contribution in [0.2, 0.25) is 5.02 Å². The molecular formula is C30H29ClN4O5. The van der Waals surface area contributed by atoms with E-state index in [1.807, 2.05) is 47.2 Å². The highest BCUT2D eigenvalue weighted by Gasteiger charge is 2.29. The van der Waals surface area contributed by atoms with Crippen LogP contribution < -0.4 is 9.47 Å². The fourth-order valence-corrected chi connectivity index (χ4v) is 5.47. The molecule has 206 valence electrons. The molecule has 40 heavy (non-hydrogen) atoms. The minimum absolute atomic E-state index is 0.169. The van der Waals surface area contributed by atoms with Gasteiger partial charge < -0.3 is 23.6 Å². The summed E-state index contributed by atoms with van der Waals surface area (Å²) in [6, 6.07) is 13.8. The smallest absolute Gasteiger partial charge is 0.328 e. The first-order valence-electron chi connectivity index (χ1n) is 13.3. The van der Waals surface area contributed by atoms with Gasteiger partial charge in [0.2, 0.25) is 5.89 Å². The van der Waals surface area contributed by atoms with Gasteiger partial charge in [-0.3, -0.25) is 4.90 Å². The lowest BCUT2D eigenvalue weighted by molar-refractivity contribution is -0.131. The zero-order valence-electron chi connectivity index (χ0n) is 21.8. The Hall–Kier alpha value is -4.08. The molecule has 0 spiro atoms. The van der Waals surface area contributed by atoms with Gasteiger partial charge in [0, 0.05) is 22.9 Å². The van der Waals surface area contributed by atoms with Crippen molar-refractivity contribution < 1.29 is 23.8 Å². The number of carboxylic acids is 1. The standard InChI is InChI=1S/C30H29ClN4O5/c31-22-6-4-21(5-7-22)26-19-39-30-24(2-1-3-25(30)40-26)20-10-13-34(14-11-20)17-27-33-23(8-9-29(36)37)16-35(27)18-28-32-12-15-38-28/h1-9,12,15-16,20,26H,10-11,13-14,17-19H2,(H,36,37)/b9-8+. The molecule has 2 aliphatic heterocycles. The lowest BCUT2D eigenvalue weighted by Gasteiger charge is -2.34. The van der Waals surface area contributed by atoms with Crippen molar-refractivity contribution in [2.24, 2.45) is 0 Å². The summed E-state index contributed by atoms with van der Waals surface area (Å²) in [5.74, 6) is 2.39. The summed E-state index contributed by atoms with van der Waals surface area (Å²) in [5, 5.41) is 9.71. The number of piperidine rings is 1. The van der Waals surface area contributed by atoms with Crippen LogP contribution in [0, 0.1) is 0 Å². The van der Waals surface area contributed by atoms with E-state index in [0.29, 0.717) is 42.2 Å². The normalized spacial score (nSPS) is 17.9. The van der Waals surface area contributed by atoms with Crippen LogP contribution in [-0.2, 0) is 17.9 Å². The lowest BCUT2D eigenvalue weighted by atomic mass is 9.88. The molecule has 4 aromatic rings. The Labute approximate surface area is 236 Å². The second kappa shape index (κ2) is 11.6. The highest BCUT2D eigenvalue weighted by Crippen LogP contribution is 2.44. The maximum atomic E-state index is 11.0. The van der Waals surface area contributed by atoms with Crippen LogP contribution in [0.25, 0.3) is 6.08 Å². The van der Waals surface area contributed by atoms with Gasteiger partial charge in [-0.15, -0.1) is 0 Å². The molecule has 1 unspecified atom stereocenters. The van der Waals surface area contributed by atoms with E-state index in [4.69, 9.17) is 30.6 Å². The molecule has 1 atom stereocenters. The third-order valence-electron chi connectivity index (χ3n) is 7.36. The number of aliphatic carboxylic acids is 1. The minimum atomic E-state index is -1.01. The number of nitrogens with zero attached hydrogens (tertiary/aromatic N) is 4. The Bertz CT molecular complexity index is 1490. The van der Waals surface area contributed by atoms with Crippen LogP contribution >= 0.6 is 11.6 Å². The van der Waals surface area contributed by atoms with Crippen LogP contribution in [0.15, 0.2) is 71.6 Å². The number of oxazole rings is 1. The molecule has 2 aromatic carbocycles. The van der Waals surface area contributed by atoms with Crippen molar-refractivity contribution in [3.8, 4) is 11.5 Å². The zero-order chi connectivity index (χ0) is 27.5. The fraction of sp³-hybridized carbons (Fsp3) is 0.300. The summed E-state index contributed by atoms with van der Waals surface area (Å²) in [7, 11) is 0. The van der Waals surface area contributed by atoms with E-state index in [9.17, 15) is 4.79 Å². The topological polar surface area (TPSA) is 103 Å². The monoisotopic (exact) mass is 560 g/mol. The van der Waals surface area contributed by atoms with Crippen molar-refractivity contribution in [2.75, 3.05) is 19.7 Å². The van der Waals surface area contributed by atoms with Gasteiger partial charge in [0.1, 0.15) is 25.2 Å². The first-order chi connectivity index (χ1) is 19.5. The molecule has 9 nitrogen and oxygen atoms in total. The third-order valence-corrected chi connectivity index (χ3v) is 7.61. The quantitative estimate of drug-likeness (QED) is 0.279. The maximum Gasteiger partial charge on any atom is 0.328 e. The molecule has 1 fully saturated rings. The zero-order valence-corrected chi connectivity index (χ0v) is 22.5. The molecule has 0 bridgehead atoms. The molecule has 0 aliphatic carbocycles. The predicted octanol–water partition coefficient (Wildman–Crippen LogP) is 5.56. The highest BCUT2D eigenvalue weighted by atomic mass is 35.5. The first kappa shape index (κ1) is 26.2. The SMILES string of the molecule is O=C(O)/C=C/c1cn(Cc2ncco2)c(CN2CCC(c3cccc4c3OCC(c3ccc(Cl)cc3)O4)CC2)n1. The molecule has 2 aliphatic rings. The molecular weight excluding hydrogens is 532 g/mol. The minimum Gasteiger partial charge on any atom is -0.485 e. The summed E-state index contributed by atoms with van der Waals surface area (Å²) >= 11 is 6.05. The number of fused-ring (bicyclic) bond motifs is 1. The van der Waals surface area contributed by atoms with Crippen LogP contribution in [-0.4, -0.2) is 50.2 Å². The Balaban J connectivity index is 1.12. The molecule has 1 N–H and O–H groups in total. The number of aromatic nitrogens is 3. The molecule has 10 heteroatoms. The number of hydrogen-bond acceptors (Lipinski definition) is 7. The van der Waals surface area contributed by atoms with E-state index in [2.05, 4.69) is 20.9 Å². The molecule has 2 aromatic heterocycles. The first-order valence-corrected chi connectivity index (χ1v) is 13.7. The number of imidazole rings is 1. The number of para-hydroxylation sites is 1. The van der Waals surface area contributed by atoms with Gasteiger partial charge in [0.05, 0.1) is 18.4 Å². The van der Waals surface area contributed by atoms with E-state index in [1.54, 1.807) is 6.20 Å². The third kappa shape index (κ3) is 5.90. The van der Waals surface area contributed by atoms with Gasteiger partial charge in [0.25, 0.3) is 0 Å². The van der Waals surface area contributed by atoms with Crippen LogP contribution in [0.3, 0.4) is 0 Å². The molecule has 4 heterocycles. The van der Waals surface area contributed by atoms with E-state index in [-0.39, 0.29) is 6.10 Å². The van der Waals surface area contributed by atoms with Gasteiger partial charge in [-0.1, -0.05) is 35.9 Å². The number of ether oxygens (including phenoxy) is 2. The Morgan fingerprint density at radius 1 is 1.12 bits per heavy atom. The number of benzene rings is 2. The van der Waals surface area contributed by atoms with Gasteiger partial charge >= 0.3 is 5.97 Å². The summed E-state index contributed by atoms with van der Waals surface area (Å²) in [6.07, 6.45) is 9.36. The molecule has 0 amide bonds. The van der Waals surface area contributed by atoms with Crippen molar-refractivity contribution in [1.82, 2.24) is 19.4 Å². The molecule has 6 rings (SSSR count). The number of rotatable bonds is 8. The van der Waals surface area contributed by atoms with Crippen molar-refractivity contribution >= 4 is 23.6 Å². The van der Waals surface area contributed by atoms with Crippen molar-refractivity contribution in [2.45, 2.75) is 38.0 Å². The number of halogens is 1. The van der Waals surface area contributed by atoms with Crippen LogP contribution in [0.5, 0.6) is 11.5 Å². The number of likely N-dealkylation sites (tertiary alicyclic amines) is 1. The summed E-state index contributed by atoms with van der Waals surface area (Å²) < 4.78 is 20.0. The maximum absolute atomic E-state index is 11.0. The summed E-state index contributed by atoms with van der Waals surface area (Å²) in [5.41, 5.74) is 2.82. The number of carboxylic acid groups (broad SMARTS) is 1. The Morgan fingerprint density at radius 3 is 2.70 bits per heavy atom. The van der Waals surface area contributed by atoms with E-state index >= 15 is 0 Å². The van der Waals surface area contributed by atoms with Crippen molar-refractivity contribution in [3.63, 3.8) is 0 Å². The fourth-order valence-electron chi connectivity index (χ4n) is 5.34. The number of hydrogen-bond donors (Lipinski definition) is 1. The average molecular weight is 561 g/mol. The second-order valence-electron chi connectivity index (χ2n) is 10.0. The van der Waals surface area contributed by atoms with Gasteiger partial charge in [0.15, 0.2) is 17.6 Å². The average Bonchev–Trinajstić information content (AvgIpc) is 3.62. The van der Waals surface area contributed by atoms with E-state index < -0.39 is 5.97 Å². The van der Waals surface area contributed by atoms with Crippen molar-refractivity contribution in [3.05, 3.63) is 101 Å². The van der Waals surface area contributed by atoms with Crippen LogP contribution in [0.1, 0.15) is 53.4 Å². The van der Waals surface area contributed by atoms with Crippen molar-refractivity contribution in [1.29, 1.82) is 0 Å². The van der Waals surface area contributed by atoms with Gasteiger partial charge in [-0.2, -0.15) is 0 Å². The van der Waals surface area contributed by atoms with E-state index in [1.165, 1.54) is 17.9 Å². The van der Waals surface area contributed by atoms with Crippen LogP contribution in [0.4, 0.5) is 0 Å². The number of carbonyl (C=O) groups is 1. The second-order valence-corrected chi connectivity index (χ2v) is 10.4. The Kier molecular flexibility index (Phi) is 7.57. The highest BCUT2D eigenvalue weighted by molar-refractivity contribution is 6.30.